The predicted molar refractivity (Wildman–Crippen MR) is 80.4 cm³/mol. The van der Waals surface area contributed by atoms with Crippen molar-refractivity contribution in [3.8, 4) is 0 Å². The Hall–Kier alpha value is -0.120. The van der Waals surface area contributed by atoms with Gasteiger partial charge in [0.1, 0.15) is 0 Å². The van der Waals surface area contributed by atoms with E-state index in [1.807, 2.05) is 7.11 Å². The zero-order valence-electron chi connectivity index (χ0n) is 13.0. The Balaban J connectivity index is 1.79. The van der Waals surface area contributed by atoms with Gasteiger partial charge in [0, 0.05) is 32.8 Å². The molecular formula is C16H32N2O. The third-order valence-corrected chi connectivity index (χ3v) is 4.19. The lowest BCUT2D eigenvalue weighted by Crippen LogP contribution is -2.47. The first-order valence-corrected chi connectivity index (χ1v) is 8.12. The second kappa shape index (κ2) is 7.61. The highest BCUT2D eigenvalue weighted by atomic mass is 16.5. The zero-order valence-corrected chi connectivity index (χ0v) is 13.0. The summed E-state index contributed by atoms with van der Waals surface area (Å²) in [7, 11) is 1.84. The number of hydrogen-bond donors (Lipinski definition) is 1. The molecule has 0 amide bonds. The highest BCUT2D eigenvalue weighted by Crippen LogP contribution is 2.34. The summed E-state index contributed by atoms with van der Waals surface area (Å²) in [5, 5.41) is 3.62. The first-order valence-electron chi connectivity index (χ1n) is 8.12. The molecule has 2 saturated carbocycles. The average Bonchev–Trinajstić information content (AvgIpc) is 3.21. The number of ether oxygens (including phenoxy) is 1. The molecule has 0 aromatic heterocycles. The summed E-state index contributed by atoms with van der Waals surface area (Å²) in [6, 6.07) is 0.560. The van der Waals surface area contributed by atoms with Crippen molar-refractivity contribution in [3.05, 3.63) is 0 Å². The summed E-state index contributed by atoms with van der Waals surface area (Å²) in [5.41, 5.74) is 0. The minimum absolute atomic E-state index is 0.560. The molecule has 1 unspecified atom stereocenters. The van der Waals surface area contributed by atoms with Crippen molar-refractivity contribution in [2.45, 2.75) is 45.6 Å². The van der Waals surface area contributed by atoms with E-state index in [4.69, 9.17) is 4.74 Å². The molecule has 2 aliphatic carbocycles. The van der Waals surface area contributed by atoms with Crippen LogP contribution in [0.2, 0.25) is 0 Å². The van der Waals surface area contributed by atoms with Gasteiger partial charge in [-0.1, -0.05) is 13.8 Å². The highest BCUT2D eigenvalue weighted by Gasteiger charge is 2.32. The van der Waals surface area contributed by atoms with Gasteiger partial charge in [-0.2, -0.15) is 0 Å². The van der Waals surface area contributed by atoms with Crippen LogP contribution in [0, 0.1) is 17.8 Å². The van der Waals surface area contributed by atoms with Crippen LogP contribution < -0.4 is 5.32 Å². The van der Waals surface area contributed by atoms with Crippen LogP contribution in [-0.2, 0) is 4.74 Å². The van der Waals surface area contributed by atoms with E-state index in [-0.39, 0.29) is 0 Å². The molecule has 2 rings (SSSR count). The third-order valence-electron chi connectivity index (χ3n) is 4.19. The van der Waals surface area contributed by atoms with Crippen molar-refractivity contribution in [1.29, 1.82) is 0 Å². The number of rotatable bonds is 11. The van der Waals surface area contributed by atoms with E-state index in [0.717, 1.165) is 37.5 Å². The van der Waals surface area contributed by atoms with Crippen LogP contribution in [0.4, 0.5) is 0 Å². The van der Waals surface area contributed by atoms with Crippen LogP contribution in [0.25, 0.3) is 0 Å². The number of hydrogen-bond acceptors (Lipinski definition) is 3. The summed E-state index contributed by atoms with van der Waals surface area (Å²) < 4.78 is 5.46. The van der Waals surface area contributed by atoms with Crippen molar-refractivity contribution in [3.63, 3.8) is 0 Å². The molecular weight excluding hydrogens is 236 g/mol. The van der Waals surface area contributed by atoms with E-state index < -0.39 is 0 Å². The monoisotopic (exact) mass is 268 g/mol. The van der Waals surface area contributed by atoms with Gasteiger partial charge >= 0.3 is 0 Å². The topological polar surface area (TPSA) is 24.5 Å². The van der Waals surface area contributed by atoms with Crippen molar-refractivity contribution in [2.24, 2.45) is 17.8 Å². The summed E-state index contributed by atoms with van der Waals surface area (Å²) in [4.78, 5) is 2.71. The van der Waals surface area contributed by atoms with Crippen LogP contribution in [0.15, 0.2) is 0 Å². The molecule has 0 bridgehead atoms. The Morgan fingerprint density at radius 1 is 1.05 bits per heavy atom. The molecule has 3 heteroatoms. The molecule has 3 nitrogen and oxygen atoms in total. The van der Waals surface area contributed by atoms with Gasteiger partial charge in [-0.05, 0) is 50.0 Å². The summed E-state index contributed by atoms with van der Waals surface area (Å²) in [6.45, 7) is 10.2. The summed E-state index contributed by atoms with van der Waals surface area (Å²) in [6.07, 6.45) is 5.78. The number of nitrogens with one attached hydrogen (secondary N) is 1. The number of nitrogens with zero attached hydrogens (tertiary/aromatic N) is 1. The van der Waals surface area contributed by atoms with Gasteiger partial charge in [-0.3, -0.25) is 4.90 Å². The van der Waals surface area contributed by atoms with Gasteiger partial charge in [-0.25, -0.2) is 0 Å². The molecule has 1 N–H and O–H groups in total. The zero-order chi connectivity index (χ0) is 13.7. The fourth-order valence-corrected chi connectivity index (χ4v) is 2.66. The average molecular weight is 268 g/mol. The van der Waals surface area contributed by atoms with E-state index in [9.17, 15) is 0 Å². The van der Waals surface area contributed by atoms with Crippen LogP contribution >= 0.6 is 0 Å². The minimum Gasteiger partial charge on any atom is -0.383 e. The first-order chi connectivity index (χ1) is 9.19. The maximum Gasteiger partial charge on any atom is 0.0630 e. The third kappa shape index (κ3) is 6.24. The van der Waals surface area contributed by atoms with Gasteiger partial charge in [-0.15, -0.1) is 0 Å². The molecule has 1 atom stereocenters. The van der Waals surface area contributed by atoms with Gasteiger partial charge in [0.25, 0.3) is 0 Å². The minimum atomic E-state index is 0.560. The Kier molecular flexibility index (Phi) is 6.11. The van der Waals surface area contributed by atoms with Crippen LogP contribution in [0.1, 0.15) is 39.5 Å². The van der Waals surface area contributed by atoms with Crippen molar-refractivity contribution in [2.75, 3.05) is 39.9 Å². The molecule has 0 saturated heterocycles. The fraction of sp³-hybridized carbons (Fsp3) is 1.00. The van der Waals surface area contributed by atoms with E-state index in [2.05, 4.69) is 24.1 Å². The van der Waals surface area contributed by atoms with Gasteiger partial charge < -0.3 is 10.1 Å². The van der Waals surface area contributed by atoms with Crippen molar-refractivity contribution >= 4 is 0 Å². The number of methoxy groups -OCH3 is 1. The Morgan fingerprint density at radius 2 is 1.63 bits per heavy atom. The standard InChI is InChI=1S/C16H32N2O/c1-13(2)8-17-9-16(12-19-3)18(10-14-4-5-14)11-15-6-7-15/h13-17H,4-12H2,1-3H3. The molecule has 2 aliphatic rings. The van der Waals surface area contributed by atoms with E-state index in [1.165, 1.54) is 38.8 Å². The van der Waals surface area contributed by atoms with Gasteiger partial charge in [0.2, 0.25) is 0 Å². The molecule has 0 radical (unpaired) electrons. The van der Waals surface area contributed by atoms with Gasteiger partial charge in [0.05, 0.1) is 6.61 Å². The second-order valence-electron chi connectivity index (χ2n) is 7.00. The van der Waals surface area contributed by atoms with Crippen molar-refractivity contribution < 1.29 is 4.74 Å². The normalized spacial score (nSPS) is 21.3. The lowest BCUT2D eigenvalue weighted by molar-refractivity contribution is 0.0822. The SMILES string of the molecule is COCC(CNCC(C)C)N(CC1CC1)CC1CC1. The van der Waals surface area contributed by atoms with E-state index in [1.54, 1.807) is 0 Å². The van der Waals surface area contributed by atoms with Crippen LogP contribution in [0.3, 0.4) is 0 Å². The first kappa shape index (κ1) is 15.3. The molecule has 19 heavy (non-hydrogen) atoms. The Labute approximate surface area is 119 Å². The van der Waals surface area contributed by atoms with E-state index in [0.29, 0.717) is 6.04 Å². The largest absolute Gasteiger partial charge is 0.383 e. The Bertz CT molecular complexity index is 235. The van der Waals surface area contributed by atoms with Gasteiger partial charge in [0.15, 0.2) is 0 Å². The fourth-order valence-electron chi connectivity index (χ4n) is 2.66. The molecule has 0 heterocycles. The summed E-state index contributed by atoms with van der Waals surface area (Å²) in [5.74, 6) is 2.68. The molecule has 0 aromatic rings. The molecule has 112 valence electrons. The van der Waals surface area contributed by atoms with Crippen LogP contribution in [-0.4, -0.2) is 50.8 Å². The lowest BCUT2D eigenvalue weighted by Gasteiger charge is -2.32. The van der Waals surface area contributed by atoms with Crippen molar-refractivity contribution in [1.82, 2.24) is 10.2 Å². The lowest BCUT2D eigenvalue weighted by atomic mass is 10.2. The predicted octanol–water partition coefficient (Wildman–Crippen LogP) is 2.37. The Morgan fingerprint density at radius 3 is 2.05 bits per heavy atom. The molecule has 0 aliphatic heterocycles. The molecule has 0 aromatic carbocycles. The molecule has 2 fully saturated rings. The quantitative estimate of drug-likeness (QED) is 0.622. The van der Waals surface area contributed by atoms with Crippen LogP contribution in [0.5, 0.6) is 0 Å². The molecule has 0 spiro atoms. The van der Waals surface area contributed by atoms with E-state index >= 15 is 0 Å². The second-order valence-corrected chi connectivity index (χ2v) is 7.00. The highest BCUT2D eigenvalue weighted by molar-refractivity contribution is 4.86. The maximum absolute atomic E-state index is 5.46. The summed E-state index contributed by atoms with van der Waals surface area (Å²) >= 11 is 0. The maximum atomic E-state index is 5.46. The smallest absolute Gasteiger partial charge is 0.0630 e.